The fraction of sp³-hybridized carbons (Fsp3) is 0.417. The molecule has 2 atom stereocenters. The molecule has 2 aliphatic rings. The standard InChI is InChI=1S/C24H27F2N3O4S/c1-15-3-5-20(26)18(11-15)23-28-29(22(30)14-32-10-9-31-2)24(34-23)16(7-8-27)13-33-21-6-4-17(25)12-19(21)24/h3-6,11-12,16H,7-10,13-14,27H2,1-2H3. The Bertz CT molecular complexity index is 1100. The lowest BCUT2D eigenvalue weighted by atomic mass is 9.86. The van der Waals surface area contributed by atoms with Crippen molar-refractivity contribution in [2.24, 2.45) is 16.8 Å². The smallest absolute Gasteiger partial charge is 0.270 e. The van der Waals surface area contributed by atoms with E-state index in [1.54, 1.807) is 12.1 Å². The lowest BCUT2D eigenvalue weighted by Gasteiger charge is -2.45. The molecule has 0 aromatic heterocycles. The van der Waals surface area contributed by atoms with E-state index in [0.29, 0.717) is 35.9 Å². The number of benzene rings is 2. The first-order chi connectivity index (χ1) is 16.4. The molecule has 1 amide bonds. The summed E-state index contributed by atoms with van der Waals surface area (Å²) < 4.78 is 45.7. The molecule has 0 aliphatic carbocycles. The molecular weight excluding hydrogens is 464 g/mol. The molecule has 7 nitrogen and oxygen atoms in total. The minimum atomic E-state index is -1.16. The Balaban J connectivity index is 1.83. The van der Waals surface area contributed by atoms with Crippen LogP contribution in [0.1, 0.15) is 23.1 Å². The monoisotopic (exact) mass is 491 g/mol. The van der Waals surface area contributed by atoms with Gasteiger partial charge in [0.15, 0.2) is 4.87 Å². The highest BCUT2D eigenvalue weighted by molar-refractivity contribution is 8.15. The topological polar surface area (TPSA) is 86.4 Å². The second-order valence-corrected chi connectivity index (χ2v) is 9.38. The largest absolute Gasteiger partial charge is 0.493 e. The zero-order valence-corrected chi connectivity index (χ0v) is 19.9. The highest BCUT2D eigenvalue weighted by Gasteiger charge is 2.57. The number of thioether (sulfide) groups is 1. The van der Waals surface area contributed by atoms with E-state index in [1.807, 2.05) is 6.92 Å². The van der Waals surface area contributed by atoms with Gasteiger partial charge < -0.3 is 19.9 Å². The number of amides is 1. The van der Waals surface area contributed by atoms with Crippen LogP contribution in [0, 0.1) is 24.5 Å². The van der Waals surface area contributed by atoms with Crippen LogP contribution in [0.15, 0.2) is 41.5 Å². The van der Waals surface area contributed by atoms with Gasteiger partial charge in [0.2, 0.25) is 0 Å². The molecule has 0 fully saturated rings. The lowest BCUT2D eigenvalue weighted by Crippen LogP contribution is -2.52. The van der Waals surface area contributed by atoms with Crippen LogP contribution in [-0.2, 0) is 19.1 Å². The van der Waals surface area contributed by atoms with Crippen LogP contribution in [-0.4, -0.2) is 56.0 Å². The molecule has 4 rings (SSSR count). The van der Waals surface area contributed by atoms with Gasteiger partial charge in [0.05, 0.1) is 19.8 Å². The Morgan fingerprint density at radius 3 is 2.88 bits per heavy atom. The molecule has 10 heteroatoms. The van der Waals surface area contributed by atoms with E-state index in [1.165, 1.54) is 48.1 Å². The lowest BCUT2D eigenvalue weighted by molar-refractivity contribution is -0.142. The molecule has 0 saturated heterocycles. The summed E-state index contributed by atoms with van der Waals surface area (Å²) in [7, 11) is 1.54. The van der Waals surface area contributed by atoms with E-state index in [2.05, 4.69) is 5.10 Å². The third kappa shape index (κ3) is 4.55. The number of ether oxygens (including phenoxy) is 3. The average molecular weight is 492 g/mol. The summed E-state index contributed by atoms with van der Waals surface area (Å²) in [6.07, 6.45) is 0.483. The maximum Gasteiger partial charge on any atom is 0.270 e. The number of halogens is 2. The maximum atomic E-state index is 14.9. The number of nitrogens with two attached hydrogens (primary N) is 1. The van der Waals surface area contributed by atoms with Gasteiger partial charge in [-0.2, -0.15) is 5.10 Å². The van der Waals surface area contributed by atoms with Gasteiger partial charge in [0.25, 0.3) is 5.91 Å². The van der Waals surface area contributed by atoms with Crippen molar-refractivity contribution >= 4 is 22.7 Å². The number of hydrogen-bond acceptors (Lipinski definition) is 7. The van der Waals surface area contributed by atoms with Crippen LogP contribution < -0.4 is 10.5 Å². The summed E-state index contributed by atoms with van der Waals surface area (Å²) in [5.41, 5.74) is 7.48. The number of fused-ring (bicyclic) bond motifs is 2. The van der Waals surface area contributed by atoms with Crippen molar-refractivity contribution in [2.75, 3.05) is 40.1 Å². The van der Waals surface area contributed by atoms with Crippen molar-refractivity contribution in [3.63, 3.8) is 0 Å². The van der Waals surface area contributed by atoms with Gasteiger partial charge in [-0.1, -0.05) is 23.4 Å². The van der Waals surface area contributed by atoms with Crippen molar-refractivity contribution in [1.29, 1.82) is 0 Å². The van der Waals surface area contributed by atoms with E-state index < -0.39 is 22.4 Å². The van der Waals surface area contributed by atoms with Crippen LogP contribution in [0.3, 0.4) is 0 Å². The number of methoxy groups -OCH3 is 1. The van der Waals surface area contributed by atoms with E-state index >= 15 is 0 Å². The number of hydrogen-bond donors (Lipinski definition) is 1. The first kappa shape index (κ1) is 24.6. The number of carbonyl (C=O) groups excluding carboxylic acids is 1. The molecule has 2 unspecified atom stereocenters. The van der Waals surface area contributed by atoms with Crippen LogP contribution >= 0.6 is 11.8 Å². The highest BCUT2D eigenvalue weighted by atomic mass is 32.2. The van der Waals surface area contributed by atoms with E-state index in [0.717, 1.165) is 5.56 Å². The zero-order chi connectivity index (χ0) is 24.3. The summed E-state index contributed by atoms with van der Waals surface area (Å²) in [6, 6.07) is 8.90. The van der Waals surface area contributed by atoms with Gasteiger partial charge in [0, 0.05) is 24.2 Å². The zero-order valence-electron chi connectivity index (χ0n) is 19.1. The number of aryl methyl sites for hydroxylation is 1. The summed E-state index contributed by atoms with van der Waals surface area (Å²) >= 11 is 1.22. The third-order valence-corrected chi connectivity index (χ3v) is 7.37. The molecule has 2 aliphatic heterocycles. The van der Waals surface area contributed by atoms with Crippen LogP contribution in [0.2, 0.25) is 0 Å². The molecular formula is C24H27F2N3O4S. The number of rotatable bonds is 8. The molecule has 182 valence electrons. The fourth-order valence-corrected chi connectivity index (χ4v) is 5.76. The minimum Gasteiger partial charge on any atom is -0.493 e. The normalized spacial score (nSPS) is 21.4. The Kier molecular flexibility index (Phi) is 7.51. The van der Waals surface area contributed by atoms with Crippen LogP contribution in [0.4, 0.5) is 8.78 Å². The summed E-state index contributed by atoms with van der Waals surface area (Å²) in [5, 5.41) is 6.22. The maximum absolute atomic E-state index is 14.9. The van der Waals surface area contributed by atoms with Crippen LogP contribution in [0.5, 0.6) is 5.75 Å². The molecule has 0 radical (unpaired) electrons. The Hall–Kier alpha value is -2.53. The SMILES string of the molecule is COCCOCC(=O)N1N=C(c2cc(C)ccc2F)SC12c1cc(F)ccc1OCC2CCN. The van der Waals surface area contributed by atoms with Crippen LogP contribution in [0.25, 0.3) is 0 Å². The molecule has 2 N–H and O–H groups in total. The van der Waals surface area contributed by atoms with Gasteiger partial charge in [-0.3, -0.25) is 4.79 Å². The first-order valence-corrected chi connectivity index (χ1v) is 11.8. The van der Waals surface area contributed by atoms with Crippen molar-refractivity contribution in [1.82, 2.24) is 5.01 Å². The van der Waals surface area contributed by atoms with Crippen molar-refractivity contribution < 1.29 is 27.8 Å². The summed E-state index contributed by atoms with van der Waals surface area (Å²) in [6.45, 7) is 2.70. The van der Waals surface area contributed by atoms with Crippen molar-refractivity contribution in [2.45, 2.75) is 18.2 Å². The fourth-order valence-electron chi connectivity index (χ4n) is 4.23. The number of nitrogens with zero attached hydrogens (tertiary/aromatic N) is 2. The molecule has 2 aromatic rings. The van der Waals surface area contributed by atoms with Crippen molar-refractivity contribution in [3.8, 4) is 5.75 Å². The molecule has 0 bridgehead atoms. The minimum absolute atomic E-state index is 0.222. The van der Waals surface area contributed by atoms with Gasteiger partial charge in [-0.15, -0.1) is 0 Å². The van der Waals surface area contributed by atoms with E-state index in [4.69, 9.17) is 19.9 Å². The molecule has 2 aromatic carbocycles. The molecule has 34 heavy (non-hydrogen) atoms. The second kappa shape index (κ2) is 10.4. The Morgan fingerprint density at radius 1 is 1.29 bits per heavy atom. The van der Waals surface area contributed by atoms with E-state index in [-0.39, 0.29) is 31.3 Å². The van der Waals surface area contributed by atoms with Gasteiger partial charge in [-0.25, -0.2) is 13.8 Å². The average Bonchev–Trinajstić information content (AvgIpc) is 3.22. The summed E-state index contributed by atoms with van der Waals surface area (Å²) in [4.78, 5) is 12.3. The summed E-state index contributed by atoms with van der Waals surface area (Å²) in [5.74, 6) is -1.25. The Labute approximate surface area is 201 Å². The second-order valence-electron chi connectivity index (χ2n) is 8.16. The first-order valence-electron chi connectivity index (χ1n) is 11.0. The number of carbonyl (C=O) groups is 1. The molecule has 2 heterocycles. The Morgan fingerprint density at radius 2 is 2.12 bits per heavy atom. The highest BCUT2D eigenvalue weighted by Crippen LogP contribution is 2.57. The van der Waals surface area contributed by atoms with Crippen molar-refractivity contribution in [3.05, 3.63) is 64.7 Å². The predicted octanol–water partition coefficient (Wildman–Crippen LogP) is 3.38. The quantitative estimate of drug-likeness (QED) is 0.570. The third-order valence-electron chi connectivity index (χ3n) is 5.84. The number of hydrazone groups is 1. The van der Waals surface area contributed by atoms with Gasteiger partial charge in [-0.05, 0) is 50.2 Å². The molecule has 1 spiro atoms. The van der Waals surface area contributed by atoms with E-state index in [9.17, 15) is 13.6 Å². The van der Waals surface area contributed by atoms with Gasteiger partial charge in [0.1, 0.15) is 29.0 Å². The molecule has 0 saturated carbocycles. The predicted molar refractivity (Wildman–Crippen MR) is 126 cm³/mol. The van der Waals surface area contributed by atoms with Gasteiger partial charge >= 0.3 is 0 Å².